The minimum absolute atomic E-state index is 0.377. The maximum atomic E-state index is 12.6. The maximum Gasteiger partial charge on any atom is 0.222 e. The van der Waals surface area contributed by atoms with E-state index in [-0.39, 0.29) is 0 Å². The van der Waals surface area contributed by atoms with E-state index in [0.717, 1.165) is 51.4 Å². The van der Waals surface area contributed by atoms with Crippen LogP contribution in [-0.4, -0.2) is 37.0 Å². The summed E-state index contributed by atoms with van der Waals surface area (Å²) >= 11 is 0. The van der Waals surface area contributed by atoms with Gasteiger partial charge in [-0.05, 0) is 62.1 Å². The molecular formula is C20H30N2O. The van der Waals surface area contributed by atoms with Gasteiger partial charge >= 0.3 is 0 Å². The number of benzene rings is 1. The van der Waals surface area contributed by atoms with Crippen molar-refractivity contribution in [2.75, 3.05) is 26.2 Å². The summed E-state index contributed by atoms with van der Waals surface area (Å²) in [6, 6.07) is 10.8. The minimum atomic E-state index is 0.377. The number of likely N-dealkylation sites (tertiary alicyclic amines) is 1. The maximum absolute atomic E-state index is 12.6. The fraction of sp³-hybridized carbons (Fsp3) is 0.650. The van der Waals surface area contributed by atoms with Crippen LogP contribution in [0.4, 0.5) is 0 Å². The Morgan fingerprint density at radius 2 is 1.78 bits per heavy atom. The molecule has 23 heavy (non-hydrogen) atoms. The standard InChI is InChI=1S/C20H30N2O/c1-16(17-7-11-21-12-8-17)15-20(23)22-13-9-19(10-14-22)18-5-3-2-4-6-18/h2-6,16-17,19,21H,7-15H2,1H3. The molecule has 3 heteroatoms. The van der Waals surface area contributed by atoms with Crippen LogP contribution >= 0.6 is 0 Å². The van der Waals surface area contributed by atoms with Crippen molar-refractivity contribution in [3.63, 3.8) is 0 Å². The number of hydrogen-bond donors (Lipinski definition) is 1. The summed E-state index contributed by atoms with van der Waals surface area (Å²) in [6.07, 6.45) is 5.41. The van der Waals surface area contributed by atoms with Gasteiger partial charge in [0.25, 0.3) is 0 Å². The Kier molecular flexibility index (Phi) is 5.71. The molecule has 126 valence electrons. The number of carbonyl (C=O) groups excluding carboxylic acids is 1. The molecule has 2 heterocycles. The lowest BCUT2D eigenvalue weighted by Crippen LogP contribution is -2.39. The average molecular weight is 314 g/mol. The Bertz CT molecular complexity index is 488. The predicted octanol–water partition coefficient (Wildman–Crippen LogP) is 3.42. The van der Waals surface area contributed by atoms with E-state index in [1.54, 1.807) is 0 Å². The molecule has 3 rings (SSSR count). The molecular weight excluding hydrogens is 284 g/mol. The SMILES string of the molecule is CC(CC(=O)N1CCC(c2ccccc2)CC1)C1CCNCC1. The highest BCUT2D eigenvalue weighted by Crippen LogP contribution is 2.29. The van der Waals surface area contributed by atoms with Gasteiger partial charge in [-0.3, -0.25) is 4.79 Å². The van der Waals surface area contributed by atoms with Crippen LogP contribution in [0.5, 0.6) is 0 Å². The number of rotatable bonds is 4. The van der Waals surface area contributed by atoms with Crippen molar-refractivity contribution >= 4 is 5.91 Å². The highest BCUT2D eigenvalue weighted by Gasteiger charge is 2.27. The number of nitrogens with one attached hydrogen (secondary N) is 1. The Hall–Kier alpha value is -1.35. The van der Waals surface area contributed by atoms with E-state index < -0.39 is 0 Å². The quantitative estimate of drug-likeness (QED) is 0.923. The zero-order valence-electron chi connectivity index (χ0n) is 14.3. The first-order valence-electron chi connectivity index (χ1n) is 9.27. The lowest BCUT2D eigenvalue weighted by molar-refractivity contribution is -0.133. The monoisotopic (exact) mass is 314 g/mol. The second kappa shape index (κ2) is 7.96. The van der Waals surface area contributed by atoms with E-state index in [4.69, 9.17) is 0 Å². The van der Waals surface area contributed by atoms with Crippen LogP contribution in [-0.2, 0) is 4.79 Å². The average Bonchev–Trinajstić information content (AvgIpc) is 2.63. The molecule has 0 bridgehead atoms. The number of hydrogen-bond acceptors (Lipinski definition) is 2. The Balaban J connectivity index is 1.46. The zero-order chi connectivity index (χ0) is 16.1. The molecule has 1 aromatic rings. The summed E-state index contributed by atoms with van der Waals surface area (Å²) in [5.74, 6) is 2.25. The molecule has 1 atom stereocenters. The summed E-state index contributed by atoms with van der Waals surface area (Å²) in [7, 11) is 0. The first kappa shape index (κ1) is 16.5. The summed E-state index contributed by atoms with van der Waals surface area (Å²) in [4.78, 5) is 14.7. The van der Waals surface area contributed by atoms with Gasteiger partial charge in [-0.2, -0.15) is 0 Å². The molecule has 0 aliphatic carbocycles. The summed E-state index contributed by atoms with van der Waals surface area (Å²) < 4.78 is 0. The van der Waals surface area contributed by atoms with Crippen LogP contribution in [0.3, 0.4) is 0 Å². The van der Waals surface area contributed by atoms with Crippen LogP contribution in [0.1, 0.15) is 50.5 Å². The van der Waals surface area contributed by atoms with E-state index in [0.29, 0.717) is 17.7 Å². The van der Waals surface area contributed by atoms with Crippen molar-refractivity contribution in [2.45, 2.75) is 44.9 Å². The Morgan fingerprint density at radius 3 is 2.43 bits per heavy atom. The van der Waals surface area contributed by atoms with Crippen molar-refractivity contribution in [2.24, 2.45) is 11.8 Å². The normalized spacial score (nSPS) is 22.0. The van der Waals surface area contributed by atoms with Crippen molar-refractivity contribution in [3.05, 3.63) is 35.9 Å². The van der Waals surface area contributed by atoms with Crippen molar-refractivity contribution in [1.29, 1.82) is 0 Å². The summed E-state index contributed by atoms with van der Waals surface area (Å²) in [5, 5.41) is 3.41. The predicted molar refractivity (Wildman–Crippen MR) is 94.4 cm³/mol. The number of piperidine rings is 2. The fourth-order valence-electron chi connectivity index (χ4n) is 4.17. The van der Waals surface area contributed by atoms with Crippen molar-refractivity contribution in [1.82, 2.24) is 10.2 Å². The second-order valence-corrected chi connectivity index (χ2v) is 7.33. The third-order valence-corrected chi connectivity index (χ3v) is 5.80. The van der Waals surface area contributed by atoms with E-state index in [9.17, 15) is 4.79 Å². The van der Waals surface area contributed by atoms with Crippen LogP contribution in [0, 0.1) is 11.8 Å². The van der Waals surface area contributed by atoms with Gasteiger partial charge in [-0.25, -0.2) is 0 Å². The summed E-state index contributed by atoms with van der Waals surface area (Å²) in [5.41, 5.74) is 1.43. The molecule has 1 N–H and O–H groups in total. The highest BCUT2D eigenvalue weighted by molar-refractivity contribution is 5.76. The largest absolute Gasteiger partial charge is 0.343 e. The molecule has 1 aromatic carbocycles. The molecule has 1 amide bonds. The smallest absolute Gasteiger partial charge is 0.222 e. The first-order chi connectivity index (χ1) is 11.2. The molecule has 0 spiro atoms. The first-order valence-corrected chi connectivity index (χ1v) is 9.27. The van der Waals surface area contributed by atoms with E-state index >= 15 is 0 Å². The number of nitrogens with zero attached hydrogens (tertiary/aromatic N) is 1. The number of amides is 1. The van der Waals surface area contributed by atoms with Crippen LogP contribution in [0.15, 0.2) is 30.3 Å². The third kappa shape index (κ3) is 4.35. The fourth-order valence-corrected chi connectivity index (χ4v) is 4.17. The molecule has 2 saturated heterocycles. The van der Waals surface area contributed by atoms with E-state index in [1.165, 1.54) is 18.4 Å². The van der Waals surface area contributed by atoms with E-state index in [2.05, 4.69) is 47.5 Å². The molecule has 0 saturated carbocycles. The summed E-state index contributed by atoms with van der Waals surface area (Å²) in [6.45, 7) is 6.36. The Labute approximate surface area is 140 Å². The van der Waals surface area contributed by atoms with Crippen molar-refractivity contribution < 1.29 is 4.79 Å². The third-order valence-electron chi connectivity index (χ3n) is 5.80. The molecule has 0 aromatic heterocycles. The molecule has 0 radical (unpaired) electrons. The van der Waals surface area contributed by atoms with Crippen LogP contribution < -0.4 is 5.32 Å². The lowest BCUT2D eigenvalue weighted by atomic mass is 9.83. The topological polar surface area (TPSA) is 32.3 Å². The lowest BCUT2D eigenvalue weighted by Gasteiger charge is -2.34. The van der Waals surface area contributed by atoms with Gasteiger partial charge in [-0.1, -0.05) is 37.3 Å². The van der Waals surface area contributed by atoms with E-state index in [1.807, 2.05) is 0 Å². The molecule has 2 aliphatic heterocycles. The van der Waals surface area contributed by atoms with Gasteiger partial charge in [0.05, 0.1) is 0 Å². The molecule has 2 fully saturated rings. The van der Waals surface area contributed by atoms with Gasteiger partial charge in [-0.15, -0.1) is 0 Å². The highest BCUT2D eigenvalue weighted by atomic mass is 16.2. The van der Waals surface area contributed by atoms with Crippen molar-refractivity contribution in [3.8, 4) is 0 Å². The van der Waals surface area contributed by atoms with Crippen LogP contribution in [0.25, 0.3) is 0 Å². The zero-order valence-corrected chi connectivity index (χ0v) is 14.3. The van der Waals surface area contributed by atoms with Gasteiger partial charge in [0.2, 0.25) is 5.91 Å². The molecule has 3 nitrogen and oxygen atoms in total. The Morgan fingerprint density at radius 1 is 1.13 bits per heavy atom. The van der Waals surface area contributed by atoms with Crippen LogP contribution in [0.2, 0.25) is 0 Å². The van der Waals surface area contributed by atoms with Gasteiger partial charge in [0.15, 0.2) is 0 Å². The second-order valence-electron chi connectivity index (χ2n) is 7.33. The van der Waals surface area contributed by atoms with Gasteiger partial charge in [0.1, 0.15) is 0 Å². The molecule has 1 unspecified atom stereocenters. The van der Waals surface area contributed by atoms with Gasteiger partial charge in [0, 0.05) is 19.5 Å². The number of carbonyl (C=O) groups is 1. The minimum Gasteiger partial charge on any atom is -0.343 e. The molecule has 2 aliphatic rings. The van der Waals surface area contributed by atoms with Gasteiger partial charge < -0.3 is 10.2 Å².